The molecule has 0 aliphatic carbocycles. The number of carbonyl (C=O) groups excluding carboxylic acids is 2. The third kappa shape index (κ3) is 8.43. The van der Waals surface area contributed by atoms with Crippen LogP contribution in [0.1, 0.15) is 11.1 Å². The van der Waals surface area contributed by atoms with Crippen LogP contribution >= 0.6 is 15.9 Å². The Morgan fingerprint density at radius 2 is 1.38 bits per heavy atom. The summed E-state index contributed by atoms with van der Waals surface area (Å²) in [6.45, 7) is -0.380. The molecule has 0 saturated heterocycles. The average Bonchev–Trinajstić information content (AvgIpc) is 2.99. The first-order valence-corrected chi connectivity index (χ1v) is 15.9. The van der Waals surface area contributed by atoms with Crippen molar-refractivity contribution in [2.24, 2.45) is 0 Å². The molecule has 4 aromatic rings. The molecule has 1 atom stereocenters. The Morgan fingerprint density at radius 1 is 0.810 bits per heavy atom. The molecule has 4 rings (SSSR count). The number of para-hydroxylation sites is 1. The van der Waals surface area contributed by atoms with Gasteiger partial charge in [-0.15, -0.1) is 0 Å². The number of ether oxygens (including phenoxy) is 1. The number of carbonyl (C=O) groups is 2. The number of halogens is 1. The molecule has 0 heterocycles. The van der Waals surface area contributed by atoms with E-state index in [4.69, 9.17) is 4.74 Å². The molecule has 8 nitrogen and oxygen atoms in total. The third-order valence-electron chi connectivity index (χ3n) is 6.57. The summed E-state index contributed by atoms with van der Waals surface area (Å²) in [6, 6.07) is 31.6. The molecule has 218 valence electrons. The van der Waals surface area contributed by atoms with Crippen LogP contribution in [0.2, 0.25) is 0 Å². The number of hydrogen-bond donors (Lipinski definition) is 1. The lowest BCUT2D eigenvalue weighted by atomic mass is 10.0. The van der Waals surface area contributed by atoms with Crippen LogP contribution in [0, 0.1) is 0 Å². The lowest BCUT2D eigenvalue weighted by Gasteiger charge is -2.33. The van der Waals surface area contributed by atoms with Crippen molar-refractivity contribution in [1.82, 2.24) is 10.2 Å². The fraction of sp³-hybridized carbons (Fsp3) is 0.188. The highest BCUT2D eigenvalue weighted by Gasteiger charge is 2.32. The maximum Gasteiger partial charge on any atom is 0.244 e. The molecule has 0 saturated carbocycles. The lowest BCUT2D eigenvalue weighted by Crippen LogP contribution is -2.52. The predicted molar refractivity (Wildman–Crippen MR) is 168 cm³/mol. The van der Waals surface area contributed by atoms with Crippen molar-refractivity contribution in [2.75, 3.05) is 24.2 Å². The van der Waals surface area contributed by atoms with Crippen LogP contribution in [-0.4, -0.2) is 51.0 Å². The van der Waals surface area contributed by atoms with Gasteiger partial charge in [0.25, 0.3) is 0 Å². The van der Waals surface area contributed by atoms with Gasteiger partial charge in [0.1, 0.15) is 24.1 Å². The summed E-state index contributed by atoms with van der Waals surface area (Å²) in [4.78, 5) is 28.6. The van der Waals surface area contributed by atoms with E-state index in [1.165, 1.54) is 11.9 Å². The molecule has 0 aromatic heterocycles. The molecule has 2 amide bonds. The normalized spacial score (nSPS) is 11.8. The Labute approximate surface area is 255 Å². The van der Waals surface area contributed by atoms with Crippen molar-refractivity contribution in [2.45, 2.75) is 19.0 Å². The topological polar surface area (TPSA) is 96.0 Å². The molecular weight excluding hydrogens is 618 g/mol. The van der Waals surface area contributed by atoms with Gasteiger partial charge < -0.3 is 15.0 Å². The van der Waals surface area contributed by atoms with E-state index in [1.807, 2.05) is 84.9 Å². The average molecular weight is 651 g/mol. The fourth-order valence-corrected chi connectivity index (χ4v) is 5.54. The lowest BCUT2D eigenvalue weighted by molar-refractivity contribution is -0.139. The van der Waals surface area contributed by atoms with Crippen LogP contribution in [0.25, 0.3) is 0 Å². The fourth-order valence-electron chi connectivity index (χ4n) is 4.43. The van der Waals surface area contributed by atoms with E-state index in [0.717, 1.165) is 26.2 Å². The molecular formula is C32H32BrN3O5S. The number of anilines is 1. The minimum atomic E-state index is -3.87. The number of benzene rings is 4. The highest BCUT2D eigenvalue weighted by molar-refractivity contribution is 9.10. The van der Waals surface area contributed by atoms with E-state index in [1.54, 1.807) is 24.3 Å². The molecule has 0 bridgehead atoms. The summed E-state index contributed by atoms with van der Waals surface area (Å²) in [5.74, 6) is 0.293. The zero-order valence-electron chi connectivity index (χ0n) is 23.3. The smallest absolute Gasteiger partial charge is 0.244 e. The standard InChI is InChI=1S/C32H32BrN3O5S/c1-34-32(38)30(21-24-9-5-3-6-10-24)35(22-25-13-15-26(33)16-14-25)31(37)23-36(42(2,39)40)27-17-19-29(20-18-27)41-28-11-7-4-8-12-28/h3-20,30H,21-23H2,1-2H3,(H,34,38)/t30-/m0/s1. The van der Waals surface area contributed by atoms with E-state index in [2.05, 4.69) is 21.2 Å². The molecule has 1 N–H and O–H groups in total. The quantitative estimate of drug-likeness (QED) is 0.222. The first-order valence-electron chi connectivity index (χ1n) is 13.2. The largest absolute Gasteiger partial charge is 0.457 e. The van der Waals surface area contributed by atoms with Gasteiger partial charge in [0, 0.05) is 24.5 Å². The summed E-state index contributed by atoms with van der Waals surface area (Å²) in [5.41, 5.74) is 1.96. The van der Waals surface area contributed by atoms with Crippen LogP contribution in [0.4, 0.5) is 5.69 Å². The Kier molecular flexibility index (Phi) is 10.4. The van der Waals surface area contributed by atoms with Crippen molar-refractivity contribution < 1.29 is 22.7 Å². The van der Waals surface area contributed by atoms with E-state index in [0.29, 0.717) is 17.2 Å². The van der Waals surface area contributed by atoms with Gasteiger partial charge in [-0.3, -0.25) is 13.9 Å². The second-order valence-corrected chi connectivity index (χ2v) is 12.5. The first-order chi connectivity index (χ1) is 20.1. The summed E-state index contributed by atoms with van der Waals surface area (Å²) in [5, 5.41) is 2.67. The molecule has 0 aliphatic rings. The van der Waals surface area contributed by atoms with Crippen LogP contribution in [0.15, 0.2) is 114 Å². The molecule has 0 aliphatic heterocycles. The van der Waals surface area contributed by atoms with Crippen molar-refractivity contribution in [1.29, 1.82) is 0 Å². The number of likely N-dealkylation sites (N-methyl/N-ethyl adjacent to an activating group) is 1. The highest BCUT2D eigenvalue weighted by atomic mass is 79.9. The van der Waals surface area contributed by atoms with E-state index in [9.17, 15) is 18.0 Å². The zero-order valence-corrected chi connectivity index (χ0v) is 25.7. The summed E-state index contributed by atoms with van der Waals surface area (Å²) in [6.07, 6.45) is 1.31. The Balaban J connectivity index is 1.64. The van der Waals surface area contributed by atoms with Crippen LogP contribution in [0.5, 0.6) is 11.5 Å². The predicted octanol–water partition coefficient (Wildman–Crippen LogP) is 5.39. The zero-order chi connectivity index (χ0) is 30.1. The van der Waals surface area contributed by atoms with Crippen molar-refractivity contribution in [3.05, 3.63) is 125 Å². The molecule has 0 fully saturated rings. The minimum Gasteiger partial charge on any atom is -0.457 e. The van der Waals surface area contributed by atoms with Crippen molar-refractivity contribution >= 4 is 43.5 Å². The highest BCUT2D eigenvalue weighted by Crippen LogP contribution is 2.26. The number of hydrogen-bond acceptors (Lipinski definition) is 5. The minimum absolute atomic E-state index is 0.110. The summed E-state index contributed by atoms with van der Waals surface area (Å²) in [7, 11) is -2.35. The molecule has 0 spiro atoms. The molecule has 10 heteroatoms. The Morgan fingerprint density at radius 3 is 1.95 bits per heavy atom. The summed E-state index contributed by atoms with van der Waals surface area (Å²) >= 11 is 3.43. The molecule has 0 unspecified atom stereocenters. The molecule has 4 aromatic carbocycles. The number of nitrogens with zero attached hydrogens (tertiary/aromatic N) is 2. The number of rotatable bonds is 12. The van der Waals surface area contributed by atoms with E-state index in [-0.39, 0.29) is 18.9 Å². The molecule has 42 heavy (non-hydrogen) atoms. The number of nitrogens with one attached hydrogen (secondary N) is 1. The second-order valence-electron chi connectivity index (χ2n) is 9.65. The SMILES string of the molecule is CNC(=O)[C@H](Cc1ccccc1)N(Cc1ccc(Br)cc1)C(=O)CN(c1ccc(Oc2ccccc2)cc1)S(C)(=O)=O. The monoisotopic (exact) mass is 649 g/mol. The van der Waals surface area contributed by atoms with Crippen molar-refractivity contribution in [3.63, 3.8) is 0 Å². The van der Waals surface area contributed by atoms with Crippen molar-refractivity contribution in [3.8, 4) is 11.5 Å². The summed E-state index contributed by atoms with van der Waals surface area (Å²) < 4.78 is 33.6. The maximum absolute atomic E-state index is 14.0. The van der Waals surface area contributed by atoms with Crippen LogP contribution < -0.4 is 14.4 Å². The van der Waals surface area contributed by atoms with Gasteiger partial charge in [0.05, 0.1) is 11.9 Å². The molecule has 0 radical (unpaired) electrons. The van der Waals surface area contributed by atoms with Gasteiger partial charge in [-0.1, -0.05) is 76.6 Å². The Bertz CT molecular complexity index is 1580. The third-order valence-corrected chi connectivity index (χ3v) is 8.24. The number of amides is 2. The second kappa shape index (κ2) is 14.2. The van der Waals surface area contributed by atoms with Gasteiger partial charge in [-0.2, -0.15) is 0 Å². The van der Waals surface area contributed by atoms with Gasteiger partial charge in [0.2, 0.25) is 21.8 Å². The van der Waals surface area contributed by atoms with Crippen LogP contribution in [-0.2, 0) is 32.6 Å². The van der Waals surface area contributed by atoms with E-state index < -0.39 is 28.5 Å². The van der Waals surface area contributed by atoms with Gasteiger partial charge >= 0.3 is 0 Å². The Hall–Kier alpha value is -4.15. The number of sulfonamides is 1. The first kappa shape index (κ1) is 30.8. The van der Waals surface area contributed by atoms with E-state index >= 15 is 0 Å². The van der Waals surface area contributed by atoms with Gasteiger partial charge in [-0.05, 0) is 59.7 Å². The maximum atomic E-state index is 14.0. The van der Waals surface area contributed by atoms with Crippen LogP contribution in [0.3, 0.4) is 0 Å². The van der Waals surface area contributed by atoms with Gasteiger partial charge in [0.15, 0.2) is 0 Å². The van der Waals surface area contributed by atoms with Gasteiger partial charge in [-0.25, -0.2) is 8.42 Å².